The van der Waals surface area contributed by atoms with E-state index in [1.165, 1.54) is 51.3 Å². The fraction of sp³-hybridized carbons (Fsp3) is 0.647. The summed E-state index contributed by atoms with van der Waals surface area (Å²) in [6, 6.07) is 8.35. The van der Waals surface area contributed by atoms with Gasteiger partial charge >= 0.3 is 0 Å². The summed E-state index contributed by atoms with van der Waals surface area (Å²) in [5.74, 6) is 1.88. The van der Waals surface area contributed by atoms with Crippen LogP contribution in [0, 0.1) is 5.92 Å². The highest BCUT2D eigenvalue weighted by Gasteiger charge is 2.22. The highest BCUT2D eigenvalue weighted by atomic mass is 35.5. The van der Waals surface area contributed by atoms with Crippen molar-refractivity contribution in [1.29, 1.82) is 0 Å². The molecule has 0 bridgehead atoms. The van der Waals surface area contributed by atoms with E-state index in [4.69, 9.17) is 4.74 Å². The monoisotopic (exact) mass is 325 g/mol. The minimum absolute atomic E-state index is 0. The molecule has 0 aromatic heterocycles. The molecular formula is C17H28ClN3O. The van der Waals surface area contributed by atoms with E-state index in [2.05, 4.69) is 33.3 Å². The van der Waals surface area contributed by atoms with E-state index < -0.39 is 0 Å². The van der Waals surface area contributed by atoms with Crippen LogP contribution in [0.1, 0.15) is 12.8 Å². The average Bonchev–Trinajstić information content (AvgIpc) is 2.56. The predicted octanol–water partition coefficient (Wildman–Crippen LogP) is 2.24. The minimum atomic E-state index is 0. The molecule has 0 unspecified atom stereocenters. The number of hydrogen-bond donors (Lipinski definition) is 1. The molecule has 2 aliphatic rings. The Hall–Kier alpha value is -0.970. The van der Waals surface area contributed by atoms with Gasteiger partial charge in [0.1, 0.15) is 5.75 Å². The molecule has 1 aromatic rings. The van der Waals surface area contributed by atoms with Crippen LogP contribution >= 0.6 is 12.4 Å². The Labute approximate surface area is 140 Å². The number of piperazine rings is 1. The first-order valence-corrected chi connectivity index (χ1v) is 8.18. The third kappa shape index (κ3) is 4.28. The minimum Gasteiger partial charge on any atom is -0.495 e. The van der Waals surface area contributed by atoms with Gasteiger partial charge in [0.05, 0.1) is 12.8 Å². The molecule has 1 N–H and O–H groups in total. The standard InChI is InChI=1S/C17H27N3O.ClH/c1-21-17-5-3-2-4-16(17)20-12-10-19(11-13-20)14-15-6-8-18-9-7-15;/h2-5,15,18H,6-14H2,1H3;1H. The number of anilines is 1. The van der Waals surface area contributed by atoms with Crippen LogP contribution in [0.4, 0.5) is 5.69 Å². The Morgan fingerprint density at radius 2 is 1.77 bits per heavy atom. The molecule has 3 rings (SSSR count). The zero-order valence-electron chi connectivity index (χ0n) is 13.5. The van der Waals surface area contributed by atoms with Gasteiger partial charge in [-0.1, -0.05) is 12.1 Å². The topological polar surface area (TPSA) is 27.7 Å². The van der Waals surface area contributed by atoms with Gasteiger partial charge in [-0.2, -0.15) is 0 Å². The molecule has 1 aromatic carbocycles. The van der Waals surface area contributed by atoms with Crippen molar-refractivity contribution in [1.82, 2.24) is 10.2 Å². The van der Waals surface area contributed by atoms with E-state index in [0.717, 1.165) is 24.8 Å². The fourth-order valence-electron chi connectivity index (χ4n) is 3.49. The van der Waals surface area contributed by atoms with E-state index in [9.17, 15) is 0 Å². The molecule has 0 atom stereocenters. The van der Waals surface area contributed by atoms with E-state index in [1.807, 2.05) is 6.07 Å². The summed E-state index contributed by atoms with van der Waals surface area (Å²) < 4.78 is 5.48. The van der Waals surface area contributed by atoms with Crippen LogP contribution in [0.3, 0.4) is 0 Å². The zero-order valence-corrected chi connectivity index (χ0v) is 14.3. The molecular weight excluding hydrogens is 298 g/mol. The van der Waals surface area contributed by atoms with E-state index in [-0.39, 0.29) is 12.4 Å². The maximum absolute atomic E-state index is 5.48. The smallest absolute Gasteiger partial charge is 0.142 e. The number of methoxy groups -OCH3 is 1. The number of halogens is 1. The maximum atomic E-state index is 5.48. The van der Waals surface area contributed by atoms with Crippen LogP contribution in [0.2, 0.25) is 0 Å². The lowest BCUT2D eigenvalue weighted by Crippen LogP contribution is -2.48. The van der Waals surface area contributed by atoms with Gasteiger partial charge in [0.15, 0.2) is 0 Å². The SMILES string of the molecule is COc1ccccc1N1CCN(CC2CCNCC2)CC1.Cl. The molecule has 2 saturated heterocycles. The van der Waals surface area contributed by atoms with Gasteiger partial charge in [0.2, 0.25) is 0 Å². The maximum Gasteiger partial charge on any atom is 0.142 e. The number of piperidine rings is 1. The Morgan fingerprint density at radius 1 is 1.09 bits per heavy atom. The molecule has 0 saturated carbocycles. The number of rotatable bonds is 4. The Morgan fingerprint density at radius 3 is 2.45 bits per heavy atom. The van der Waals surface area contributed by atoms with Crippen molar-refractivity contribution in [3.8, 4) is 5.75 Å². The first-order chi connectivity index (χ1) is 10.4. The third-order valence-electron chi connectivity index (χ3n) is 4.77. The first kappa shape index (κ1) is 17.4. The van der Waals surface area contributed by atoms with Crippen molar-refractivity contribution in [2.24, 2.45) is 5.92 Å². The predicted molar refractivity (Wildman–Crippen MR) is 94.5 cm³/mol. The quantitative estimate of drug-likeness (QED) is 0.919. The largest absolute Gasteiger partial charge is 0.495 e. The van der Waals surface area contributed by atoms with E-state index in [0.29, 0.717) is 0 Å². The van der Waals surface area contributed by atoms with Gasteiger partial charge in [-0.25, -0.2) is 0 Å². The van der Waals surface area contributed by atoms with Crippen LogP contribution in [0.25, 0.3) is 0 Å². The van der Waals surface area contributed by atoms with Gasteiger partial charge in [-0.3, -0.25) is 4.90 Å². The van der Waals surface area contributed by atoms with Crippen molar-refractivity contribution in [2.75, 3.05) is 57.8 Å². The lowest BCUT2D eigenvalue weighted by Gasteiger charge is -2.38. The molecule has 0 radical (unpaired) electrons. The van der Waals surface area contributed by atoms with Crippen molar-refractivity contribution in [3.05, 3.63) is 24.3 Å². The summed E-state index contributed by atoms with van der Waals surface area (Å²) in [6.07, 6.45) is 2.68. The van der Waals surface area contributed by atoms with Crippen LogP contribution in [0.5, 0.6) is 5.75 Å². The van der Waals surface area contributed by atoms with Crippen LogP contribution < -0.4 is 15.0 Å². The fourth-order valence-corrected chi connectivity index (χ4v) is 3.49. The summed E-state index contributed by atoms with van der Waals surface area (Å²) in [5, 5.41) is 3.45. The molecule has 2 fully saturated rings. The van der Waals surface area contributed by atoms with Crippen LogP contribution in [-0.4, -0.2) is 57.8 Å². The zero-order chi connectivity index (χ0) is 14.5. The van der Waals surface area contributed by atoms with Gasteiger partial charge in [-0.15, -0.1) is 12.4 Å². The molecule has 124 valence electrons. The Bertz CT molecular complexity index is 443. The average molecular weight is 326 g/mol. The number of nitrogens with one attached hydrogen (secondary N) is 1. The number of para-hydroxylation sites is 2. The molecule has 2 heterocycles. The van der Waals surface area contributed by atoms with Crippen LogP contribution in [0.15, 0.2) is 24.3 Å². The number of nitrogens with zero attached hydrogens (tertiary/aromatic N) is 2. The second-order valence-electron chi connectivity index (χ2n) is 6.15. The summed E-state index contributed by atoms with van der Waals surface area (Å²) in [4.78, 5) is 5.10. The Balaban J connectivity index is 0.00000176. The van der Waals surface area contributed by atoms with Crippen molar-refractivity contribution in [3.63, 3.8) is 0 Å². The Kier molecular flexibility index (Phi) is 6.80. The summed E-state index contributed by atoms with van der Waals surface area (Å²) in [7, 11) is 1.76. The molecule has 0 amide bonds. The second-order valence-corrected chi connectivity index (χ2v) is 6.15. The van der Waals surface area contributed by atoms with Gasteiger partial charge in [-0.05, 0) is 44.0 Å². The number of hydrogen-bond acceptors (Lipinski definition) is 4. The second kappa shape index (κ2) is 8.61. The third-order valence-corrected chi connectivity index (χ3v) is 4.77. The highest BCUT2D eigenvalue weighted by Crippen LogP contribution is 2.28. The first-order valence-electron chi connectivity index (χ1n) is 8.18. The van der Waals surface area contributed by atoms with Gasteiger partial charge in [0, 0.05) is 32.7 Å². The summed E-state index contributed by atoms with van der Waals surface area (Å²) >= 11 is 0. The number of ether oxygens (including phenoxy) is 1. The summed E-state index contributed by atoms with van der Waals surface area (Å²) in [5.41, 5.74) is 1.24. The molecule has 5 heteroatoms. The lowest BCUT2D eigenvalue weighted by atomic mass is 9.97. The summed E-state index contributed by atoms with van der Waals surface area (Å²) in [6.45, 7) is 8.22. The van der Waals surface area contributed by atoms with Gasteiger partial charge in [0.25, 0.3) is 0 Å². The van der Waals surface area contributed by atoms with Gasteiger partial charge < -0.3 is 15.0 Å². The van der Waals surface area contributed by atoms with Crippen molar-refractivity contribution in [2.45, 2.75) is 12.8 Å². The molecule has 0 aliphatic carbocycles. The van der Waals surface area contributed by atoms with Crippen LogP contribution in [-0.2, 0) is 0 Å². The molecule has 0 spiro atoms. The molecule has 4 nitrogen and oxygen atoms in total. The number of benzene rings is 1. The van der Waals surface area contributed by atoms with E-state index in [1.54, 1.807) is 7.11 Å². The van der Waals surface area contributed by atoms with E-state index >= 15 is 0 Å². The van der Waals surface area contributed by atoms with Crippen molar-refractivity contribution >= 4 is 18.1 Å². The lowest BCUT2D eigenvalue weighted by molar-refractivity contribution is 0.196. The highest BCUT2D eigenvalue weighted by molar-refractivity contribution is 5.85. The molecule has 2 aliphatic heterocycles. The normalized spacial score (nSPS) is 20.5. The molecule has 22 heavy (non-hydrogen) atoms. The van der Waals surface area contributed by atoms with Crippen molar-refractivity contribution < 1.29 is 4.74 Å².